The molecule has 0 bridgehead atoms. The van der Waals surface area contributed by atoms with E-state index >= 15 is 0 Å². The molecule has 0 unspecified atom stereocenters. The number of nitrogens with two attached hydrogens (primary N) is 1. The first-order chi connectivity index (χ1) is 8.78. The summed E-state index contributed by atoms with van der Waals surface area (Å²) in [7, 11) is 0. The van der Waals surface area contributed by atoms with Crippen molar-refractivity contribution in [2.75, 3.05) is 0 Å². The van der Waals surface area contributed by atoms with Crippen molar-refractivity contribution < 1.29 is 0 Å². The molecule has 1 aromatic carbocycles. The van der Waals surface area contributed by atoms with Crippen LogP contribution in [-0.4, -0.2) is 15.0 Å². The Morgan fingerprint density at radius 3 is 2.89 bits per heavy atom. The van der Waals surface area contributed by atoms with Gasteiger partial charge in [0, 0.05) is 28.4 Å². The van der Waals surface area contributed by atoms with Gasteiger partial charge in [0.2, 0.25) is 0 Å². The lowest BCUT2D eigenvalue weighted by molar-refractivity contribution is 0.895. The van der Waals surface area contributed by atoms with E-state index in [4.69, 9.17) is 5.73 Å². The monoisotopic (exact) mass is 238 g/mol. The maximum absolute atomic E-state index is 5.62. The highest BCUT2D eigenvalue weighted by molar-refractivity contribution is 5.94. The molecule has 3 aromatic rings. The summed E-state index contributed by atoms with van der Waals surface area (Å²) in [5, 5.41) is 1.17. The predicted molar refractivity (Wildman–Crippen MR) is 72.0 cm³/mol. The van der Waals surface area contributed by atoms with Gasteiger partial charge in [-0.15, -0.1) is 0 Å². The minimum Gasteiger partial charge on any atom is -0.360 e. The van der Waals surface area contributed by atoms with Crippen molar-refractivity contribution in [3.05, 3.63) is 48.0 Å². The maximum atomic E-state index is 5.62. The van der Waals surface area contributed by atoms with E-state index in [9.17, 15) is 0 Å². The Balaban J connectivity index is 2.22. The standard InChI is InChI=1S/C14H14N4/c1-9-6-13(18-14(7-15)17-9)11-8-16-12-5-3-2-4-10(11)12/h2-6,8,16H,7,15H2,1H3. The second kappa shape index (κ2) is 4.23. The highest BCUT2D eigenvalue weighted by atomic mass is 14.9. The molecule has 0 fully saturated rings. The molecule has 0 aliphatic heterocycles. The van der Waals surface area contributed by atoms with Crippen molar-refractivity contribution in [3.8, 4) is 11.3 Å². The molecule has 0 radical (unpaired) electrons. The highest BCUT2D eigenvalue weighted by Gasteiger charge is 2.08. The third kappa shape index (κ3) is 1.76. The molecule has 2 heterocycles. The lowest BCUT2D eigenvalue weighted by Gasteiger charge is -2.03. The minimum absolute atomic E-state index is 0.358. The molecule has 0 atom stereocenters. The molecule has 0 aliphatic carbocycles. The van der Waals surface area contributed by atoms with Crippen LogP contribution in [-0.2, 0) is 6.54 Å². The van der Waals surface area contributed by atoms with Gasteiger partial charge < -0.3 is 10.7 Å². The van der Waals surface area contributed by atoms with Crippen LogP contribution in [0, 0.1) is 6.92 Å². The summed E-state index contributed by atoms with van der Waals surface area (Å²) >= 11 is 0. The van der Waals surface area contributed by atoms with E-state index < -0.39 is 0 Å². The summed E-state index contributed by atoms with van der Waals surface area (Å²) in [5.41, 5.74) is 9.67. The van der Waals surface area contributed by atoms with E-state index in [-0.39, 0.29) is 0 Å². The van der Waals surface area contributed by atoms with E-state index in [1.807, 2.05) is 31.3 Å². The van der Waals surface area contributed by atoms with Crippen LogP contribution in [0.15, 0.2) is 36.5 Å². The van der Waals surface area contributed by atoms with Gasteiger partial charge >= 0.3 is 0 Å². The Morgan fingerprint density at radius 1 is 1.22 bits per heavy atom. The topological polar surface area (TPSA) is 67.6 Å². The number of nitrogens with one attached hydrogen (secondary N) is 1. The van der Waals surface area contributed by atoms with Crippen molar-refractivity contribution in [3.63, 3.8) is 0 Å². The number of benzene rings is 1. The number of para-hydroxylation sites is 1. The first-order valence-corrected chi connectivity index (χ1v) is 5.89. The summed E-state index contributed by atoms with van der Waals surface area (Å²) in [4.78, 5) is 12.0. The highest BCUT2D eigenvalue weighted by Crippen LogP contribution is 2.27. The fourth-order valence-corrected chi connectivity index (χ4v) is 2.14. The van der Waals surface area contributed by atoms with Crippen LogP contribution >= 0.6 is 0 Å². The molecule has 90 valence electrons. The molecule has 3 rings (SSSR count). The minimum atomic E-state index is 0.358. The molecular weight excluding hydrogens is 224 g/mol. The molecule has 3 N–H and O–H groups in total. The van der Waals surface area contributed by atoms with Crippen LogP contribution in [0.2, 0.25) is 0 Å². The Labute approximate surface area is 105 Å². The Bertz CT molecular complexity index is 700. The third-order valence-electron chi connectivity index (χ3n) is 2.95. The molecule has 0 amide bonds. The zero-order valence-electron chi connectivity index (χ0n) is 10.1. The van der Waals surface area contributed by atoms with E-state index in [0.29, 0.717) is 12.4 Å². The molecule has 4 heteroatoms. The number of nitrogens with zero attached hydrogens (tertiary/aromatic N) is 2. The molecule has 0 aliphatic rings. The van der Waals surface area contributed by atoms with Gasteiger partial charge in [0.1, 0.15) is 5.82 Å². The molecule has 18 heavy (non-hydrogen) atoms. The molecule has 0 saturated heterocycles. The van der Waals surface area contributed by atoms with Gasteiger partial charge in [-0.25, -0.2) is 9.97 Å². The molecule has 2 aromatic heterocycles. The summed E-state index contributed by atoms with van der Waals surface area (Å²) < 4.78 is 0. The van der Waals surface area contributed by atoms with Crippen molar-refractivity contribution in [1.29, 1.82) is 0 Å². The first-order valence-electron chi connectivity index (χ1n) is 5.89. The van der Waals surface area contributed by atoms with Crippen molar-refractivity contribution in [1.82, 2.24) is 15.0 Å². The number of aryl methyl sites for hydroxylation is 1. The van der Waals surface area contributed by atoms with Gasteiger partial charge in [-0.05, 0) is 19.1 Å². The Kier molecular flexibility index (Phi) is 2.57. The number of hydrogen-bond acceptors (Lipinski definition) is 3. The summed E-state index contributed by atoms with van der Waals surface area (Å²) in [6, 6.07) is 10.2. The first kappa shape index (κ1) is 10.9. The smallest absolute Gasteiger partial charge is 0.142 e. The van der Waals surface area contributed by atoms with Gasteiger partial charge in [0.05, 0.1) is 12.2 Å². The van der Waals surface area contributed by atoms with Crippen LogP contribution in [0.1, 0.15) is 11.5 Å². The maximum Gasteiger partial charge on any atom is 0.142 e. The number of aromatic amines is 1. The predicted octanol–water partition coefficient (Wildman–Crippen LogP) is 2.39. The zero-order chi connectivity index (χ0) is 12.5. The van der Waals surface area contributed by atoms with Crippen LogP contribution in [0.5, 0.6) is 0 Å². The normalized spacial score (nSPS) is 11.0. The van der Waals surface area contributed by atoms with Crippen LogP contribution < -0.4 is 5.73 Å². The van der Waals surface area contributed by atoms with Gasteiger partial charge in [-0.1, -0.05) is 18.2 Å². The van der Waals surface area contributed by atoms with Crippen molar-refractivity contribution in [2.45, 2.75) is 13.5 Å². The van der Waals surface area contributed by atoms with E-state index in [2.05, 4.69) is 27.1 Å². The summed E-state index contributed by atoms with van der Waals surface area (Å²) in [6.45, 7) is 2.32. The Morgan fingerprint density at radius 2 is 2.06 bits per heavy atom. The van der Waals surface area contributed by atoms with Gasteiger partial charge in [0.15, 0.2) is 0 Å². The van der Waals surface area contributed by atoms with Crippen molar-refractivity contribution in [2.24, 2.45) is 5.73 Å². The van der Waals surface area contributed by atoms with Crippen LogP contribution in [0.4, 0.5) is 0 Å². The number of aromatic nitrogens is 3. The van der Waals surface area contributed by atoms with Crippen molar-refractivity contribution >= 4 is 10.9 Å². The second-order valence-corrected chi connectivity index (χ2v) is 4.26. The number of H-pyrrole nitrogens is 1. The molecule has 0 spiro atoms. The molecular formula is C14H14N4. The van der Waals surface area contributed by atoms with E-state index in [0.717, 1.165) is 22.5 Å². The van der Waals surface area contributed by atoms with Crippen LogP contribution in [0.3, 0.4) is 0 Å². The van der Waals surface area contributed by atoms with Gasteiger partial charge in [-0.2, -0.15) is 0 Å². The average Bonchev–Trinajstić information content (AvgIpc) is 2.81. The largest absolute Gasteiger partial charge is 0.360 e. The fourth-order valence-electron chi connectivity index (χ4n) is 2.14. The third-order valence-corrected chi connectivity index (χ3v) is 2.95. The Hall–Kier alpha value is -2.20. The van der Waals surface area contributed by atoms with Gasteiger partial charge in [0.25, 0.3) is 0 Å². The molecule has 0 saturated carbocycles. The van der Waals surface area contributed by atoms with E-state index in [1.165, 1.54) is 5.39 Å². The van der Waals surface area contributed by atoms with Crippen LogP contribution in [0.25, 0.3) is 22.2 Å². The fraction of sp³-hybridized carbons (Fsp3) is 0.143. The lowest BCUT2D eigenvalue weighted by Crippen LogP contribution is -2.04. The zero-order valence-corrected chi connectivity index (χ0v) is 10.1. The summed E-state index contributed by atoms with van der Waals surface area (Å²) in [6.07, 6.45) is 1.98. The van der Waals surface area contributed by atoms with Gasteiger partial charge in [-0.3, -0.25) is 0 Å². The number of rotatable bonds is 2. The number of fused-ring (bicyclic) bond motifs is 1. The quantitative estimate of drug-likeness (QED) is 0.720. The average molecular weight is 238 g/mol. The lowest BCUT2D eigenvalue weighted by atomic mass is 10.1. The molecule has 4 nitrogen and oxygen atoms in total. The van der Waals surface area contributed by atoms with E-state index in [1.54, 1.807) is 0 Å². The summed E-state index contributed by atoms with van der Waals surface area (Å²) in [5.74, 6) is 0.676. The second-order valence-electron chi connectivity index (χ2n) is 4.26. The SMILES string of the molecule is Cc1cc(-c2c[nH]c3ccccc23)nc(CN)n1. The number of hydrogen-bond donors (Lipinski definition) is 2.